The number of rotatable bonds is 10. The highest BCUT2D eigenvalue weighted by atomic mass is 79.9. The van der Waals surface area contributed by atoms with Gasteiger partial charge in [0.1, 0.15) is 11.6 Å². The molecule has 6 N–H and O–H groups in total. The van der Waals surface area contributed by atoms with Crippen molar-refractivity contribution in [2.24, 2.45) is 5.73 Å². The average Bonchev–Trinajstić information content (AvgIpc) is 2.76. The number of carbonyl (C=O) groups excluding carboxylic acids is 1. The van der Waals surface area contributed by atoms with Gasteiger partial charge in [0.05, 0.1) is 20.6 Å². The summed E-state index contributed by atoms with van der Waals surface area (Å²) in [5.41, 5.74) is 5.63. The summed E-state index contributed by atoms with van der Waals surface area (Å²) in [5, 5.41) is 14.6. The first-order valence-corrected chi connectivity index (χ1v) is 11.8. The van der Waals surface area contributed by atoms with Crippen LogP contribution in [0.4, 0.5) is 27.5 Å². The van der Waals surface area contributed by atoms with E-state index in [4.69, 9.17) is 10.8 Å². The molecule has 1 heterocycles. The maximum atomic E-state index is 14.0. The van der Waals surface area contributed by atoms with Crippen molar-refractivity contribution in [1.82, 2.24) is 14.7 Å². The Morgan fingerprint density at radius 3 is 2.55 bits per heavy atom. The largest absolute Gasteiger partial charge is 0.396 e. The first-order valence-electron chi connectivity index (χ1n) is 9.57. The van der Waals surface area contributed by atoms with Crippen LogP contribution in [0, 0.1) is 5.82 Å². The van der Waals surface area contributed by atoms with Gasteiger partial charge in [-0.15, -0.1) is 0 Å². The maximum absolute atomic E-state index is 14.0. The van der Waals surface area contributed by atoms with Crippen molar-refractivity contribution >= 4 is 55.0 Å². The van der Waals surface area contributed by atoms with Crippen LogP contribution in [-0.4, -0.2) is 42.6 Å². The summed E-state index contributed by atoms with van der Waals surface area (Å²) in [4.78, 5) is 20.1. The van der Waals surface area contributed by atoms with Crippen LogP contribution < -0.4 is 21.1 Å². The van der Waals surface area contributed by atoms with E-state index in [-0.39, 0.29) is 41.1 Å². The normalized spacial score (nSPS) is 11.2. The van der Waals surface area contributed by atoms with E-state index >= 15 is 0 Å². The highest BCUT2D eigenvalue weighted by Gasteiger charge is 2.16. The van der Waals surface area contributed by atoms with E-state index in [0.717, 1.165) is 6.07 Å². The summed E-state index contributed by atoms with van der Waals surface area (Å²) in [6.07, 6.45) is 1.76. The van der Waals surface area contributed by atoms with E-state index < -0.39 is 21.7 Å². The van der Waals surface area contributed by atoms with Crippen molar-refractivity contribution in [3.8, 4) is 0 Å². The lowest BCUT2D eigenvalue weighted by atomic mass is 10.1. The zero-order valence-corrected chi connectivity index (χ0v) is 19.5. The van der Waals surface area contributed by atoms with Crippen molar-refractivity contribution in [1.29, 1.82) is 0 Å². The summed E-state index contributed by atoms with van der Waals surface area (Å²) in [6, 6.07) is 9.93. The Balaban J connectivity index is 1.78. The number of carbonyl (C=O) groups is 1. The molecule has 3 aromatic rings. The molecule has 1 amide bonds. The Morgan fingerprint density at radius 1 is 1.15 bits per heavy atom. The number of nitrogens with one attached hydrogen (secondary N) is 3. The lowest BCUT2D eigenvalue weighted by molar-refractivity contribution is 0.0997. The van der Waals surface area contributed by atoms with Gasteiger partial charge in [-0.2, -0.15) is 4.98 Å². The van der Waals surface area contributed by atoms with Gasteiger partial charge in [0.2, 0.25) is 16.0 Å². The minimum Gasteiger partial charge on any atom is -0.396 e. The van der Waals surface area contributed by atoms with Crippen LogP contribution in [-0.2, 0) is 10.0 Å². The second-order valence-corrected chi connectivity index (χ2v) is 9.29. The SMILES string of the molecule is NC(=O)c1c(F)cccc1Nc1nc(Nc2ccc(S(=O)(=O)NCCCO)cc2)ncc1Br. The monoisotopic (exact) mass is 538 g/mol. The fraction of sp³-hybridized carbons (Fsp3) is 0.150. The molecule has 0 fully saturated rings. The molecule has 0 spiro atoms. The number of benzene rings is 2. The topological polar surface area (TPSA) is 159 Å². The number of aromatic nitrogens is 2. The van der Waals surface area contributed by atoms with Crippen molar-refractivity contribution in [2.75, 3.05) is 23.8 Å². The van der Waals surface area contributed by atoms with E-state index in [1.54, 1.807) is 0 Å². The lowest BCUT2D eigenvalue weighted by Crippen LogP contribution is -2.25. The third-order valence-electron chi connectivity index (χ3n) is 4.30. The van der Waals surface area contributed by atoms with Crippen LogP contribution >= 0.6 is 15.9 Å². The molecule has 2 aromatic carbocycles. The number of nitrogens with zero attached hydrogens (tertiary/aromatic N) is 2. The number of primary amides is 1. The Labute approximate surface area is 197 Å². The van der Waals surface area contributed by atoms with Crippen LogP contribution in [0.3, 0.4) is 0 Å². The van der Waals surface area contributed by atoms with Gasteiger partial charge in [-0.1, -0.05) is 6.07 Å². The van der Waals surface area contributed by atoms with Gasteiger partial charge in [0, 0.05) is 25.0 Å². The molecule has 0 saturated heterocycles. The Kier molecular flexibility index (Phi) is 7.92. The highest BCUT2D eigenvalue weighted by molar-refractivity contribution is 9.10. The first-order chi connectivity index (χ1) is 15.7. The third-order valence-corrected chi connectivity index (χ3v) is 6.36. The predicted molar refractivity (Wildman–Crippen MR) is 125 cm³/mol. The van der Waals surface area contributed by atoms with E-state index in [9.17, 15) is 17.6 Å². The van der Waals surface area contributed by atoms with E-state index in [1.807, 2.05) is 0 Å². The molecular formula is C20H20BrFN6O4S. The summed E-state index contributed by atoms with van der Waals surface area (Å²) in [6.45, 7) is 0.0165. The molecule has 0 radical (unpaired) electrons. The minimum atomic E-state index is -3.69. The number of halogens is 2. The molecular weight excluding hydrogens is 519 g/mol. The first kappa shape index (κ1) is 24.5. The van der Waals surface area contributed by atoms with Crippen LogP contribution in [0.25, 0.3) is 0 Å². The summed E-state index contributed by atoms with van der Waals surface area (Å²) >= 11 is 3.30. The van der Waals surface area contributed by atoms with Crippen LogP contribution in [0.1, 0.15) is 16.8 Å². The number of anilines is 4. The molecule has 33 heavy (non-hydrogen) atoms. The molecule has 0 atom stereocenters. The molecule has 10 nitrogen and oxygen atoms in total. The second-order valence-electron chi connectivity index (χ2n) is 6.67. The van der Waals surface area contributed by atoms with Crippen molar-refractivity contribution in [3.63, 3.8) is 0 Å². The molecule has 0 unspecified atom stereocenters. The fourth-order valence-electron chi connectivity index (χ4n) is 2.74. The molecule has 0 aliphatic heterocycles. The van der Waals surface area contributed by atoms with Crippen LogP contribution in [0.15, 0.2) is 58.0 Å². The van der Waals surface area contributed by atoms with Crippen molar-refractivity contribution in [2.45, 2.75) is 11.3 Å². The van der Waals surface area contributed by atoms with Gasteiger partial charge >= 0.3 is 0 Å². The second kappa shape index (κ2) is 10.7. The van der Waals surface area contributed by atoms with E-state index in [2.05, 4.69) is 41.3 Å². The molecule has 3 rings (SSSR count). The number of nitrogens with two attached hydrogens (primary N) is 1. The molecule has 13 heteroatoms. The average molecular weight is 539 g/mol. The van der Waals surface area contributed by atoms with Crippen LogP contribution in [0.2, 0.25) is 0 Å². The van der Waals surface area contributed by atoms with Crippen LogP contribution in [0.5, 0.6) is 0 Å². The number of amides is 1. The van der Waals surface area contributed by atoms with E-state index in [1.165, 1.54) is 42.6 Å². The standard InChI is InChI=1S/C20H20BrFN6O4S/c21-14-11-24-20(28-19(14)27-16-4-1-3-15(22)17(16)18(23)30)26-12-5-7-13(8-6-12)33(31,32)25-9-2-10-29/h1,3-8,11,25,29H,2,9-10H2,(H2,23,30)(H2,24,26,27,28). The number of hydrogen-bond donors (Lipinski definition) is 5. The lowest BCUT2D eigenvalue weighted by Gasteiger charge is -2.13. The molecule has 0 bridgehead atoms. The zero-order chi connectivity index (χ0) is 24.0. The minimum absolute atomic E-state index is 0.0650. The van der Waals surface area contributed by atoms with Crippen molar-refractivity contribution < 1.29 is 22.7 Å². The van der Waals surface area contributed by atoms with Gasteiger partial charge in [0.25, 0.3) is 5.91 Å². The Bertz CT molecular complexity index is 1260. The Hall–Kier alpha value is -3.13. The summed E-state index contributed by atoms with van der Waals surface area (Å²) in [5.74, 6) is -1.29. The summed E-state index contributed by atoms with van der Waals surface area (Å²) in [7, 11) is -3.69. The number of aliphatic hydroxyl groups is 1. The van der Waals surface area contributed by atoms with E-state index in [0.29, 0.717) is 16.6 Å². The van der Waals surface area contributed by atoms with Gasteiger partial charge in [0.15, 0.2) is 0 Å². The number of sulfonamides is 1. The Morgan fingerprint density at radius 2 is 1.88 bits per heavy atom. The molecule has 1 aromatic heterocycles. The fourth-order valence-corrected chi connectivity index (χ4v) is 4.10. The molecule has 174 valence electrons. The van der Waals surface area contributed by atoms with Gasteiger partial charge in [-0.25, -0.2) is 22.5 Å². The predicted octanol–water partition coefficient (Wildman–Crippen LogP) is 2.63. The smallest absolute Gasteiger partial charge is 0.253 e. The quantitative estimate of drug-likeness (QED) is 0.246. The molecule has 0 saturated carbocycles. The van der Waals surface area contributed by atoms with Gasteiger partial charge in [-0.3, -0.25) is 4.79 Å². The maximum Gasteiger partial charge on any atom is 0.253 e. The van der Waals surface area contributed by atoms with Crippen molar-refractivity contribution in [3.05, 3.63) is 64.5 Å². The third kappa shape index (κ3) is 6.22. The number of aliphatic hydroxyl groups excluding tert-OH is 1. The molecule has 0 aliphatic carbocycles. The van der Waals surface area contributed by atoms with Gasteiger partial charge < -0.3 is 21.5 Å². The highest BCUT2D eigenvalue weighted by Crippen LogP contribution is 2.28. The zero-order valence-electron chi connectivity index (χ0n) is 17.0. The summed E-state index contributed by atoms with van der Waals surface area (Å²) < 4.78 is 41.3. The number of hydrogen-bond acceptors (Lipinski definition) is 8. The molecule has 0 aliphatic rings. The van der Waals surface area contributed by atoms with Gasteiger partial charge in [-0.05, 0) is 58.7 Å².